The van der Waals surface area contributed by atoms with E-state index in [9.17, 15) is 26.2 Å². The molecule has 5 aromatic rings. The minimum Gasteiger partial charge on any atom is -0.609 e. The number of nitrogens with zero attached hydrogens (tertiary/aromatic N) is 3. The van der Waals surface area contributed by atoms with Crippen molar-refractivity contribution in [2.24, 2.45) is 0 Å². The van der Waals surface area contributed by atoms with Gasteiger partial charge in [-0.05, 0) is 63.2 Å². The van der Waals surface area contributed by atoms with Crippen molar-refractivity contribution in [1.29, 1.82) is 0 Å². The second-order valence-corrected chi connectivity index (χ2v) is 16.4. The Labute approximate surface area is 293 Å². The largest absolute Gasteiger partial charge is 0.609 e. The second-order valence-electron chi connectivity index (χ2n) is 11.2. The number of carbonyl (C=O) groups is 1. The third-order valence-corrected chi connectivity index (χ3v) is 12.6. The van der Waals surface area contributed by atoms with Gasteiger partial charge in [0.2, 0.25) is 0 Å². The molecule has 264 valence electrons. The smallest absolute Gasteiger partial charge is 0.338 e. The highest BCUT2D eigenvalue weighted by Crippen LogP contribution is 2.34. The summed E-state index contributed by atoms with van der Waals surface area (Å²) < 4.78 is 90.8. The highest BCUT2D eigenvalue weighted by Gasteiger charge is 2.35. The second kappa shape index (κ2) is 14.7. The number of pyridine rings is 1. The molecule has 3 aromatic carbocycles. The van der Waals surface area contributed by atoms with E-state index >= 15 is 0 Å². The molecule has 0 bridgehead atoms. The van der Waals surface area contributed by atoms with Crippen LogP contribution < -0.4 is 14.2 Å². The number of aromatic nitrogens is 3. The van der Waals surface area contributed by atoms with Gasteiger partial charge in [0.1, 0.15) is 28.8 Å². The van der Waals surface area contributed by atoms with E-state index in [0.717, 1.165) is 21.2 Å². The molecule has 1 atom stereocenters. The number of fused-ring (bicyclic) bond motifs is 1. The lowest BCUT2D eigenvalue weighted by Gasteiger charge is -2.16. The molecule has 0 spiro atoms. The van der Waals surface area contributed by atoms with Gasteiger partial charge in [0, 0.05) is 34.6 Å². The minimum absolute atomic E-state index is 0.0859. The normalized spacial score (nSPS) is 12.5. The van der Waals surface area contributed by atoms with Crippen LogP contribution in [0.25, 0.3) is 11.0 Å². The Kier molecular flexibility index (Phi) is 10.8. The Morgan fingerprint density at radius 1 is 0.900 bits per heavy atom. The summed E-state index contributed by atoms with van der Waals surface area (Å²) in [7, 11) is -4.20. The van der Waals surface area contributed by atoms with Crippen LogP contribution in [0.4, 0.5) is 0 Å². The molecular formula is C34H35N3O10S3. The van der Waals surface area contributed by atoms with E-state index in [-0.39, 0.29) is 38.2 Å². The van der Waals surface area contributed by atoms with Crippen LogP contribution in [0.5, 0.6) is 17.2 Å². The number of hydrogen-bond donors (Lipinski definition) is 0. The molecule has 2 heterocycles. The van der Waals surface area contributed by atoms with E-state index in [1.165, 1.54) is 63.8 Å². The summed E-state index contributed by atoms with van der Waals surface area (Å²) in [5.41, 5.74) is 2.83. The molecule has 0 aliphatic rings. The van der Waals surface area contributed by atoms with Crippen LogP contribution in [0.3, 0.4) is 0 Å². The van der Waals surface area contributed by atoms with Crippen molar-refractivity contribution in [1.82, 2.24) is 13.9 Å². The molecule has 0 amide bonds. The van der Waals surface area contributed by atoms with E-state index in [2.05, 4.69) is 9.97 Å². The van der Waals surface area contributed by atoms with Crippen molar-refractivity contribution in [3.8, 4) is 17.2 Å². The van der Waals surface area contributed by atoms with Gasteiger partial charge in [-0.2, -0.15) is 8.96 Å². The quantitative estimate of drug-likeness (QED) is 0.122. The maximum absolute atomic E-state index is 14.5. The van der Waals surface area contributed by atoms with E-state index in [1.807, 2.05) is 13.8 Å². The zero-order valence-electron chi connectivity index (χ0n) is 28.1. The summed E-state index contributed by atoms with van der Waals surface area (Å²) in [5, 5.41) is -0.301. The van der Waals surface area contributed by atoms with E-state index in [0.29, 0.717) is 22.8 Å². The minimum atomic E-state index is -4.68. The summed E-state index contributed by atoms with van der Waals surface area (Å²) in [5.74, 6) is -0.779. The molecule has 0 fully saturated rings. The third kappa shape index (κ3) is 7.28. The lowest BCUT2D eigenvalue weighted by molar-refractivity contribution is 0.0529. The number of benzene rings is 3. The highest BCUT2D eigenvalue weighted by atomic mass is 32.2. The van der Waals surface area contributed by atoms with Gasteiger partial charge in [0.25, 0.3) is 10.0 Å². The van der Waals surface area contributed by atoms with Crippen LogP contribution in [0.15, 0.2) is 81.8 Å². The molecule has 2 aromatic heterocycles. The summed E-state index contributed by atoms with van der Waals surface area (Å²) in [6.45, 7) is 4.94. The van der Waals surface area contributed by atoms with E-state index < -0.39 is 54.3 Å². The van der Waals surface area contributed by atoms with Crippen LogP contribution in [-0.4, -0.2) is 75.0 Å². The van der Waals surface area contributed by atoms with Crippen LogP contribution in [0.1, 0.15) is 32.7 Å². The number of methoxy groups -OCH3 is 3. The van der Waals surface area contributed by atoms with Gasteiger partial charge in [-0.3, -0.25) is 4.98 Å². The Balaban J connectivity index is 1.52. The fourth-order valence-electron chi connectivity index (χ4n) is 5.22. The SMILES string of the molecule is COc1ccc2c(c1)nc([S+]([O-])Cc1ncc(C)c(OC)c1C)n2S(=O)(=O)c1cc(C(=O)OCCS(=O)(=O)c2ccc(C)cc2)ccc1OC. The van der Waals surface area contributed by atoms with Crippen LogP contribution >= 0.6 is 0 Å². The molecule has 0 saturated heterocycles. The Hall–Kier alpha value is -4.64. The number of esters is 1. The molecule has 13 nitrogen and oxygen atoms in total. The van der Waals surface area contributed by atoms with Crippen molar-refractivity contribution in [2.45, 2.75) is 41.5 Å². The first-order valence-electron chi connectivity index (χ1n) is 15.1. The van der Waals surface area contributed by atoms with Crippen LogP contribution in [0.2, 0.25) is 0 Å². The highest BCUT2D eigenvalue weighted by molar-refractivity contribution is 7.93. The first-order valence-corrected chi connectivity index (χ1v) is 19.5. The lowest BCUT2D eigenvalue weighted by Crippen LogP contribution is -2.22. The van der Waals surface area contributed by atoms with Crippen molar-refractivity contribution in [2.75, 3.05) is 33.7 Å². The lowest BCUT2D eigenvalue weighted by atomic mass is 10.1. The molecule has 50 heavy (non-hydrogen) atoms. The predicted molar refractivity (Wildman–Crippen MR) is 186 cm³/mol. The summed E-state index contributed by atoms with van der Waals surface area (Å²) in [6, 6.07) is 14.4. The first kappa shape index (κ1) is 36.6. The summed E-state index contributed by atoms with van der Waals surface area (Å²) in [4.78, 5) is 21.6. The number of ether oxygens (including phenoxy) is 4. The molecule has 1 unspecified atom stereocenters. The van der Waals surface area contributed by atoms with Gasteiger partial charge < -0.3 is 23.5 Å². The number of sulfone groups is 1. The van der Waals surface area contributed by atoms with Crippen molar-refractivity contribution in [3.05, 3.63) is 94.8 Å². The number of aryl methyl sites for hydroxylation is 2. The molecule has 0 radical (unpaired) electrons. The fourth-order valence-corrected chi connectivity index (χ4v) is 9.54. The Morgan fingerprint density at radius 3 is 2.28 bits per heavy atom. The topological polar surface area (TPSA) is 176 Å². The van der Waals surface area contributed by atoms with Gasteiger partial charge in [-0.15, -0.1) is 0 Å². The van der Waals surface area contributed by atoms with E-state index in [4.69, 9.17) is 18.9 Å². The number of hydrogen-bond acceptors (Lipinski definition) is 12. The molecule has 0 N–H and O–H groups in total. The summed E-state index contributed by atoms with van der Waals surface area (Å²) >= 11 is -2.06. The number of rotatable bonds is 13. The van der Waals surface area contributed by atoms with Gasteiger partial charge in [0.05, 0.1) is 54.3 Å². The average molecular weight is 742 g/mol. The van der Waals surface area contributed by atoms with E-state index in [1.54, 1.807) is 25.3 Å². The molecule has 5 rings (SSSR count). The third-order valence-electron chi connectivity index (χ3n) is 7.90. The van der Waals surface area contributed by atoms with Gasteiger partial charge >= 0.3 is 11.1 Å². The molecule has 0 saturated carbocycles. The first-order chi connectivity index (χ1) is 23.7. The zero-order valence-corrected chi connectivity index (χ0v) is 30.6. The van der Waals surface area contributed by atoms with Crippen molar-refractivity contribution < 1.29 is 45.1 Å². The Bertz CT molecular complexity index is 2290. The number of carbonyl (C=O) groups excluding carboxylic acids is 1. The molecular weight excluding hydrogens is 707 g/mol. The van der Waals surface area contributed by atoms with Crippen LogP contribution in [0, 0.1) is 20.8 Å². The van der Waals surface area contributed by atoms with Crippen molar-refractivity contribution in [3.63, 3.8) is 0 Å². The predicted octanol–water partition coefficient (Wildman–Crippen LogP) is 4.56. The average Bonchev–Trinajstić information content (AvgIpc) is 3.49. The number of imidazole rings is 1. The van der Waals surface area contributed by atoms with Crippen molar-refractivity contribution >= 4 is 48.0 Å². The maximum Gasteiger partial charge on any atom is 0.338 e. The molecule has 16 heteroatoms. The zero-order chi connectivity index (χ0) is 36.4. The van der Waals surface area contributed by atoms with Gasteiger partial charge in [-0.1, -0.05) is 17.7 Å². The molecule has 0 aliphatic carbocycles. The summed E-state index contributed by atoms with van der Waals surface area (Å²) in [6.07, 6.45) is 1.58. The fraction of sp³-hybridized carbons (Fsp3) is 0.265. The van der Waals surface area contributed by atoms with Crippen LogP contribution in [-0.2, 0) is 41.5 Å². The van der Waals surface area contributed by atoms with Gasteiger partial charge in [0.15, 0.2) is 15.6 Å². The monoisotopic (exact) mass is 741 g/mol. The van der Waals surface area contributed by atoms with Gasteiger partial charge in [-0.25, -0.2) is 21.6 Å². The molecule has 0 aliphatic heterocycles. The maximum atomic E-state index is 14.5. The standard InChI is InChI=1S/C34H35N3O10S3/c1-21-7-11-26(12-8-21)49(40,41)16-15-47-33(38)24-9-14-30(45-5)31(17-24)50(42,43)37-29-13-10-25(44-4)18-27(29)36-34(37)48(39)20-28-23(3)32(46-6)22(2)19-35-28/h7-14,17-19H,15-16,20H2,1-6H3. The Morgan fingerprint density at radius 2 is 1.62 bits per heavy atom.